The molecule has 8 nitrogen and oxygen atoms in total. The minimum atomic E-state index is -0.220. The molecule has 0 bridgehead atoms. The molecule has 1 aromatic carbocycles. The quantitative estimate of drug-likeness (QED) is 0.637. The Morgan fingerprint density at radius 2 is 2.03 bits per heavy atom. The zero-order valence-corrected chi connectivity index (χ0v) is 19.0. The Bertz CT molecular complexity index is 976. The van der Waals surface area contributed by atoms with Crippen LogP contribution in [0.2, 0.25) is 5.02 Å². The van der Waals surface area contributed by atoms with Crippen molar-refractivity contribution in [1.82, 2.24) is 20.0 Å². The van der Waals surface area contributed by atoms with Crippen molar-refractivity contribution in [2.24, 2.45) is 5.92 Å². The predicted molar refractivity (Wildman–Crippen MR) is 125 cm³/mol. The summed E-state index contributed by atoms with van der Waals surface area (Å²) in [5, 5.41) is 8.20. The molecule has 0 spiro atoms. The number of piperidine rings is 1. The Morgan fingerprint density at radius 3 is 2.84 bits per heavy atom. The number of carbonyl (C=O) groups excluding carboxylic acids is 1. The van der Waals surface area contributed by atoms with Gasteiger partial charge in [-0.25, -0.2) is 0 Å². The van der Waals surface area contributed by atoms with E-state index in [1.165, 1.54) is 10.7 Å². The lowest BCUT2D eigenvalue weighted by atomic mass is 9.97. The highest BCUT2D eigenvalue weighted by molar-refractivity contribution is 6.30. The molecule has 172 valence electrons. The fourth-order valence-electron chi connectivity index (χ4n) is 4.25. The molecule has 4 rings (SSSR count). The van der Waals surface area contributed by atoms with Crippen molar-refractivity contribution in [2.45, 2.75) is 19.3 Å². The maximum Gasteiger partial charge on any atom is 0.271 e. The number of nitrogens with one attached hydrogen (secondary N) is 1. The number of aromatic nitrogens is 2. The summed E-state index contributed by atoms with van der Waals surface area (Å²) in [7, 11) is 0. The molecule has 2 aliphatic heterocycles. The van der Waals surface area contributed by atoms with Crippen LogP contribution in [0.4, 0.5) is 5.82 Å². The summed E-state index contributed by atoms with van der Waals surface area (Å²) in [5.41, 5.74) is 0.401. The molecule has 2 aromatic rings. The monoisotopic (exact) mass is 459 g/mol. The molecule has 1 atom stereocenters. The van der Waals surface area contributed by atoms with Crippen LogP contribution in [0.25, 0.3) is 5.69 Å². The Labute approximate surface area is 193 Å². The van der Waals surface area contributed by atoms with Crippen LogP contribution in [0.1, 0.15) is 19.3 Å². The first-order chi connectivity index (χ1) is 15.6. The third-order valence-corrected chi connectivity index (χ3v) is 6.24. The average molecular weight is 460 g/mol. The highest BCUT2D eigenvalue weighted by atomic mass is 35.5. The molecule has 1 aromatic heterocycles. The zero-order valence-electron chi connectivity index (χ0n) is 18.2. The van der Waals surface area contributed by atoms with E-state index in [1.807, 2.05) is 0 Å². The molecule has 0 saturated carbocycles. The van der Waals surface area contributed by atoms with Crippen molar-refractivity contribution < 1.29 is 9.53 Å². The molecule has 1 N–H and O–H groups in total. The Balaban J connectivity index is 1.33. The molecule has 9 heteroatoms. The van der Waals surface area contributed by atoms with E-state index in [0.717, 1.165) is 58.7 Å². The summed E-state index contributed by atoms with van der Waals surface area (Å²) in [4.78, 5) is 29.6. The van der Waals surface area contributed by atoms with E-state index in [4.69, 9.17) is 16.3 Å². The van der Waals surface area contributed by atoms with E-state index in [2.05, 4.69) is 20.2 Å². The third-order valence-electron chi connectivity index (χ3n) is 6.01. The van der Waals surface area contributed by atoms with Crippen LogP contribution < -0.4 is 15.8 Å². The number of rotatable bonds is 7. The lowest BCUT2D eigenvalue weighted by Gasteiger charge is -2.33. The first kappa shape index (κ1) is 22.8. The number of ether oxygens (including phenoxy) is 1. The fraction of sp³-hybridized carbons (Fsp3) is 0.522. The van der Waals surface area contributed by atoms with Crippen molar-refractivity contribution in [3.05, 3.63) is 51.8 Å². The normalized spacial score (nSPS) is 19.7. The zero-order chi connectivity index (χ0) is 22.3. The maximum atomic E-state index is 12.7. The summed E-state index contributed by atoms with van der Waals surface area (Å²) in [5.74, 6) is 0.703. The van der Waals surface area contributed by atoms with Gasteiger partial charge in [-0.15, -0.1) is 5.10 Å². The van der Waals surface area contributed by atoms with Gasteiger partial charge >= 0.3 is 0 Å². The van der Waals surface area contributed by atoms with Crippen LogP contribution in [0.3, 0.4) is 0 Å². The Hall–Kier alpha value is -2.42. The van der Waals surface area contributed by atoms with E-state index in [-0.39, 0.29) is 17.4 Å². The van der Waals surface area contributed by atoms with Crippen molar-refractivity contribution in [3.8, 4) is 5.69 Å². The predicted octanol–water partition coefficient (Wildman–Crippen LogP) is 1.94. The Kier molecular flexibility index (Phi) is 7.78. The SMILES string of the molecule is O=C(NCCCN1CCOCC1)C1CCCN(c2ccc(=O)n(-c3cccc(Cl)c3)n2)C1. The first-order valence-electron chi connectivity index (χ1n) is 11.3. The van der Waals surface area contributed by atoms with Gasteiger partial charge in [0.15, 0.2) is 0 Å². The van der Waals surface area contributed by atoms with Crippen LogP contribution >= 0.6 is 11.6 Å². The third kappa shape index (κ3) is 5.88. The van der Waals surface area contributed by atoms with Crippen LogP contribution in [-0.2, 0) is 9.53 Å². The van der Waals surface area contributed by atoms with Gasteiger partial charge in [0.1, 0.15) is 5.82 Å². The van der Waals surface area contributed by atoms with Gasteiger partial charge in [0.2, 0.25) is 5.91 Å². The number of hydrogen-bond donors (Lipinski definition) is 1. The van der Waals surface area contributed by atoms with Crippen molar-refractivity contribution in [1.29, 1.82) is 0 Å². The molecule has 32 heavy (non-hydrogen) atoms. The average Bonchev–Trinajstić information content (AvgIpc) is 2.83. The molecule has 1 unspecified atom stereocenters. The number of benzene rings is 1. The highest BCUT2D eigenvalue weighted by Crippen LogP contribution is 2.22. The highest BCUT2D eigenvalue weighted by Gasteiger charge is 2.26. The van der Waals surface area contributed by atoms with Crippen LogP contribution in [-0.4, -0.2) is 73.1 Å². The molecule has 2 aliphatic rings. The second kappa shape index (κ2) is 10.9. The fourth-order valence-corrected chi connectivity index (χ4v) is 4.43. The standard InChI is InChI=1S/C23H30ClN5O3/c24-19-5-1-6-20(16-19)29-22(30)8-7-21(26-29)28-11-2-4-18(17-28)23(31)25-9-3-10-27-12-14-32-15-13-27/h1,5-8,16,18H,2-4,9-15,17H2,(H,25,31). The maximum absolute atomic E-state index is 12.7. The summed E-state index contributed by atoms with van der Waals surface area (Å²) < 4.78 is 6.73. The largest absolute Gasteiger partial charge is 0.379 e. The summed E-state index contributed by atoms with van der Waals surface area (Å²) in [6, 6.07) is 10.3. The molecule has 1 amide bonds. The van der Waals surface area contributed by atoms with Crippen LogP contribution in [0.5, 0.6) is 0 Å². The van der Waals surface area contributed by atoms with Gasteiger partial charge in [-0.2, -0.15) is 4.68 Å². The summed E-state index contributed by atoms with van der Waals surface area (Å²) in [6.45, 7) is 6.59. The van der Waals surface area contributed by atoms with Crippen LogP contribution in [0.15, 0.2) is 41.2 Å². The van der Waals surface area contributed by atoms with Gasteiger partial charge in [-0.3, -0.25) is 14.5 Å². The van der Waals surface area contributed by atoms with Gasteiger partial charge < -0.3 is 15.0 Å². The molecule has 0 radical (unpaired) electrons. The minimum absolute atomic E-state index is 0.0829. The lowest BCUT2D eigenvalue weighted by Crippen LogP contribution is -2.44. The van der Waals surface area contributed by atoms with Gasteiger partial charge in [0.25, 0.3) is 5.56 Å². The lowest BCUT2D eigenvalue weighted by molar-refractivity contribution is -0.125. The molecular formula is C23H30ClN5O3. The van der Waals surface area contributed by atoms with Gasteiger partial charge in [-0.1, -0.05) is 17.7 Å². The van der Waals surface area contributed by atoms with E-state index in [9.17, 15) is 9.59 Å². The van der Waals surface area contributed by atoms with E-state index >= 15 is 0 Å². The number of nitrogens with zero attached hydrogens (tertiary/aromatic N) is 4. The molecular weight excluding hydrogens is 430 g/mol. The minimum Gasteiger partial charge on any atom is -0.379 e. The molecule has 2 saturated heterocycles. The van der Waals surface area contributed by atoms with E-state index in [1.54, 1.807) is 30.3 Å². The number of halogens is 1. The topological polar surface area (TPSA) is 79.7 Å². The van der Waals surface area contributed by atoms with Crippen molar-refractivity contribution in [2.75, 3.05) is 57.4 Å². The molecule has 0 aliphatic carbocycles. The van der Waals surface area contributed by atoms with Gasteiger partial charge in [-0.05, 0) is 50.1 Å². The number of hydrogen-bond acceptors (Lipinski definition) is 6. The van der Waals surface area contributed by atoms with Crippen molar-refractivity contribution >= 4 is 23.3 Å². The van der Waals surface area contributed by atoms with Gasteiger partial charge in [0.05, 0.1) is 24.8 Å². The Morgan fingerprint density at radius 1 is 1.19 bits per heavy atom. The van der Waals surface area contributed by atoms with Gasteiger partial charge in [0, 0.05) is 43.8 Å². The van der Waals surface area contributed by atoms with E-state index in [0.29, 0.717) is 29.6 Å². The molecule has 2 fully saturated rings. The number of morpholine rings is 1. The van der Waals surface area contributed by atoms with Crippen molar-refractivity contribution in [3.63, 3.8) is 0 Å². The van der Waals surface area contributed by atoms with E-state index < -0.39 is 0 Å². The second-order valence-electron chi connectivity index (χ2n) is 8.31. The smallest absolute Gasteiger partial charge is 0.271 e. The number of carbonyl (C=O) groups is 1. The summed E-state index contributed by atoms with van der Waals surface area (Å²) >= 11 is 6.08. The number of amides is 1. The first-order valence-corrected chi connectivity index (χ1v) is 11.7. The second-order valence-corrected chi connectivity index (χ2v) is 8.74. The van der Waals surface area contributed by atoms with Crippen LogP contribution in [0, 0.1) is 5.92 Å². The molecule has 3 heterocycles. The number of anilines is 1. The summed E-state index contributed by atoms with van der Waals surface area (Å²) in [6.07, 6.45) is 2.71.